The molecule has 1 aromatic rings. The number of aromatic nitrogens is 3. The Morgan fingerprint density at radius 3 is 3.11 bits per heavy atom. The zero-order valence-corrected chi connectivity index (χ0v) is 11.2. The minimum Gasteiger partial charge on any atom is -0.396 e. The Bertz CT molecular complexity index is 446. The maximum atomic E-state index is 8.92. The molecule has 0 aromatic carbocycles. The van der Waals surface area contributed by atoms with Crippen LogP contribution in [0.4, 0.5) is 0 Å². The van der Waals surface area contributed by atoms with E-state index in [2.05, 4.69) is 23.3 Å². The molecule has 6 heteroatoms. The highest BCUT2D eigenvalue weighted by molar-refractivity contribution is 5.20. The summed E-state index contributed by atoms with van der Waals surface area (Å²) in [6.07, 6.45) is 2.85. The number of hydrogen-bond acceptors (Lipinski definition) is 5. The molecule has 2 atom stereocenters. The van der Waals surface area contributed by atoms with Gasteiger partial charge in [-0.05, 0) is 26.2 Å². The second kappa shape index (κ2) is 6.64. The van der Waals surface area contributed by atoms with Gasteiger partial charge in [-0.15, -0.1) is 5.10 Å². The molecule has 104 valence electrons. The van der Waals surface area contributed by atoms with E-state index >= 15 is 0 Å². The first-order valence-electron chi connectivity index (χ1n) is 6.77. The van der Waals surface area contributed by atoms with Gasteiger partial charge in [0.1, 0.15) is 5.69 Å². The fourth-order valence-electron chi connectivity index (χ4n) is 2.54. The van der Waals surface area contributed by atoms with Gasteiger partial charge in [-0.1, -0.05) is 5.21 Å². The zero-order chi connectivity index (χ0) is 13.7. The van der Waals surface area contributed by atoms with Gasteiger partial charge in [-0.3, -0.25) is 0 Å². The predicted molar refractivity (Wildman–Crippen MR) is 68.5 cm³/mol. The lowest BCUT2D eigenvalue weighted by molar-refractivity contribution is 0.192. The zero-order valence-electron chi connectivity index (χ0n) is 11.2. The molecule has 0 radical (unpaired) electrons. The van der Waals surface area contributed by atoms with Crippen LogP contribution >= 0.6 is 0 Å². The third-order valence-electron chi connectivity index (χ3n) is 3.56. The molecule has 0 saturated carbocycles. The fourth-order valence-corrected chi connectivity index (χ4v) is 2.54. The van der Waals surface area contributed by atoms with Gasteiger partial charge < -0.3 is 9.84 Å². The van der Waals surface area contributed by atoms with Crippen LogP contribution in [0, 0.1) is 11.3 Å². The van der Waals surface area contributed by atoms with Crippen molar-refractivity contribution in [3.8, 4) is 6.07 Å². The van der Waals surface area contributed by atoms with E-state index in [0.717, 1.165) is 37.3 Å². The molecule has 19 heavy (non-hydrogen) atoms. The van der Waals surface area contributed by atoms with Gasteiger partial charge >= 0.3 is 0 Å². The van der Waals surface area contributed by atoms with Crippen LogP contribution in [0.25, 0.3) is 0 Å². The Morgan fingerprint density at radius 1 is 1.63 bits per heavy atom. The molecule has 0 amide bonds. The molecular formula is C13H20N4O2. The van der Waals surface area contributed by atoms with Gasteiger partial charge in [-0.25, -0.2) is 4.68 Å². The average molecular weight is 264 g/mol. The summed E-state index contributed by atoms with van der Waals surface area (Å²) in [4.78, 5) is 0. The molecule has 0 spiro atoms. The minimum absolute atomic E-state index is 0.183. The third-order valence-corrected chi connectivity index (χ3v) is 3.56. The molecule has 2 unspecified atom stereocenters. The maximum Gasteiger partial charge on any atom is 0.100 e. The Kier molecular flexibility index (Phi) is 4.88. The monoisotopic (exact) mass is 264 g/mol. The molecule has 2 heterocycles. The van der Waals surface area contributed by atoms with Crippen molar-refractivity contribution in [2.75, 3.05) is 19.8 Å². The molecule has 1 N–H and O–H groups in total. The minimum atomic E-state index is 0.183. The largest absolute Gasteiger partial charge is 0.396 e. The smallest absolute Gasteiger partial charge is 0.100 e. The van der Waals surface area contributed by atoms with Crippen LogP contribution < -0.4 is 0 Å². The Morgan fingerprint density at radius 2 is 2.47 bits per heavy atom. The van der Waals surface area contributed by atoms with Gasteiger partial charge in [0.15, 0.2) is 0 Å². The highest BCUT2D eigenvalue weighted by atomic mass is 16.5. The first kappa shape index (κ1) is 14.0. The highest BCUT2D eigenvalue weighted by Crippen LogP contribution is 2.30. The number of ether oxygens (including phenoxy) is 1. The van der Waals surface area contributed by atoms with Crippen molar-refractivity contribution in [3.63, 3.8) is 0 Å². The van der Waals surface area contributed by atoms with E-state index in [-0.39, 0.29) is 18.6 Å². The number of aliphatic hydroxyl groups excluding tert-OH is 1. The summed E-state index contributed by atoms with van der Waals surface area (Å²) >= 11 is 0. The molecule has 1 aliphatic rings. The van der Waals surface area contributed by atoms with E-state index in [4.69, 9.17) is 15.1 Å². The topological polar surface area (TPSA) is 84.0 Å². The average Bonchev–Trinajstić information content (AvgIpc) is 3.04. The van der Waals surface area contributed by atoms with E-state index in [1.807, 2.05) is 4.68 Å². The summed E-state index contributed by atoms with van der Waals surface area (Å²) in [6.45, 7) is 3.69. The molecule has 2 rings (SSSR count). The molecule has 1 aromatic heterocycles. The van der Waals surface area contributed by atoms with Crippen molar-refractivity contribution in [2.45, 2.75) is 44.6 Å². The van der Waals surface area contributed by atoms with Crippen molar-refractivity contribution in [2.24, 2.45) is 0 Å². The van der Waals surface area contributed by atoms with Gasteiger partial charge in [0, 0.05) is 19.1 Å². The van der Waals surface area contributed by atoms with Gasteiger partial charge in [0.05, 0.1) is 30.8 Å². The maximum absolute atomic E-state index is 8.92. The van der Waals surface area contributed by atoms with Crippen molar-refractivity contribution in [1.82, 2.24) is 15.0 Å². The van der Waals surface area contributed by atoms with Crippen molar-refractivity contribution < 1.29 is 9.84 Å². The quantitative estimate of drug-likeness (QED) is 0.834. The van der Waals surface area contributed by atoms with Gasteiger partial charge in [0.2, 0.25) is 0 Å². The number of aliphatic hydroxyl groups is 1. The molecule has 1 fully saturated rings. The van der Waals surface area contributed by atoms with Crippen LogP contribution in [0.1, 0.15) is 49.5 Å². The van der Waals surface area contributed by atoms with E-state index in [9.17, 15) is 0 Å². The second-order valence-electron chi connectivity index (χ2n) is 4.98. The van der Waals surface area contributed by atoms with E-state index in [0.29, 0.717) is 13.0 Å². The second-order valence-corrected chi connectivity index (χ2v) is 4.98. The Hall–Kier alpha value is -1.45. The summed E-state index contributed by atoms with van der Waals surface area (Å²) < 4.78 is 7.36. The summed E-state index contributed by atoms with van der Waals surface area (Å²) in [5.74, 6) is 0.287. The fraction of sp³-hybridized carbons (Fsp3) is 0.769. The lowest BCUT2D eigenvalue weighted by Crippen LogP contribution is -2.15. The van der Waals surface area contributed by atoms with Crippen LogP contribution in [-0.4, -0.2) is 39.9 Å². The highest BCUT2D eigenvalue weighted by Gasteiger charge is 2.27. The lowest BCUT2D eigenvalue weighted by Gasteiger charge is -2.17. The van der Waals surface area contributed by atoms with E-state index in [1.54, 1.807) is 0 Å². The van der Waals surface area contributed by atoms with Crippen LogP contribution in [-0.2, 0) is 11.2 Å². The lowest BCUT2D eigenvalue weighted by atomic mass is 10.0. The number of nitrogens with zero attached hydrogens (tertiary/aromatic N) is 4. The third kappa shape index (κ3) is 3.11. The predicted octanol–water partition coefficient (Wildman–Crippen LogP) is 1.18. The van der Waals surface area contributed by atoms with Crippen LogP contribution in [0.2, 0.25) is 0 Å². The summed E-state index contributed by atoms with van der Waals surface area (Å²) in [5, 5.41) is 26.2. The number of rotatable bonds is 6. The van der Waals surface area contributed by atoms with Crippen LogP contribution in [0.5, 0.6) is 0 Å². The van der Waals surface area contributed by atoms with Crippen molar-refractivity contribution in [1.29, 1.82) is 5.26 Å². The summed E-state index contributed by atoms with van der Waals surface area (Å²) in [7, 11) is 0. The van der Waals surface area contributed by atoms with Crippen LogP contribution in [0.3, 0.4) is 0 Å². The summed E-state index contributed by atoms with van der Waals surface area (Å²) in [5.41, 5.74) is 1.82. The van der Waals surface area contributed by atoms with Crippen molar-refractivity contribution in [3.05, 3.63) is 11.4 Å². The van der Waals surface area contributed by atoms with Gasteiger partial charge in [0.25, 0.3) is 0 Å². The molecular weight excluding hydrogens is 244 g/mol. The van der Waals surface area contributed by atoms with Gasteiger partial charge in [-0.2, -0.15) is 5.26 Å². The normalized spacial score (nSPS) is 20.4. The summed E-state index contributed by atoms with van der Waals surface area (Å²) in [6, 6.07) is 2.33. The standard InChI is InChI=1S/C13H20N4O2/c1-10(3-2-7-18)17-13(11-5-8-19-9-11)12(4-6-14)15-16-17/h10-11,18H,2-5,7-9H2,1H3. The number of nitriles is 1. The SMILES string of the molecule is CC(CCCO)n1nnc(CC#N)c1C1CCOC1. The van der Waals surface area contributed by atoms with Crippen molar-refractivity contribution >= 4 is 0 Å². The number of hydrogen-bond donors (Lipinski definition) is 1. The van der Waals surface area contributed by atoms with E-state index in [1.165, 1.54) is 0 Å². The molecule has 1 saturated heterocycles. The molecule has 0 bridgehead atoms. The van der Waals surface area contributed by atoms with E-state index < -0.39 is 0 Å². The first-order chi connectivity index (χ1) is 9.27. The molecule has 0 aliphatic carbocycles. The molecule has 1 aliphatic heterocycles. The Labute approximate surface area is 113 Å². The first-order valence-corrected chi connectivity index (χ1v) is 6.77. The Balaban J connectivity index is 2.24. The molecule has 6 nitrogen and oxygen atoms in total. The van der Waals surface area contributed by atoms with Crippen LogP contribution in [0.15, 0.2) is 0 Å².